The first-order valence-electron chi connectivity index (χ1n) is 12.2. The molecule has 1 N–H and O–H groups in total. The third kappa shape index (κ3) is 2.48. The molecule has 0 amide bonds. The summed E-state index contributed by atoms with van der Waals surface area (Å²) in [5.74, 6) is 2.72. The van der Waals surface area contributed by atoms with Crippen molar-refractivity contribution in [2.45, 2.75) is 103 Å². The average molecular weight is 405 g/mol. The fourth-order valence-corrected chi connectivity index (χ4v) is 9.34. The van der Waals surface area contributed by atoms with Gasteiger partial charge in [-0.2, -0.15) is 0 Å². The van der Waals surface area contributed by atoms with Crippen molar-refractivity contribution >= 4 is 5.97 Å². The van der Waals surface area contributed by atoms with Gasteiger partial charge in [-0.1, -0.05) is 33.6 Å². The summed E-state index contributed by atoms with van der Waals surface area (Å²) < 4.78 is 11.5. The van der Waals surface area contributed by atoms with Gasteiger partial charge in [0.05, 0.1) is 13.2 Å². The van der Waals surface area contributed by atoms with Gasteiger partial charge in [0.25, 0.3) is 0 Å². The van der Waals surface area contributed by atoms with E-state index in [0.717, 1.165) is 12.3 Å². The monoisotopic (exact) mass is 404 g/mol. The molecule has 10 atom stereocenters. The second-order valence-electron chi connectivity index (χ2n) is 11.6. The smallest absolute Gasteiger partial charge is 0.305 e. The minimum Gasteiger partial charge on any atom is -0.469 e. The molecule has 4 aliphatic carbocycles. The van der Waals surface area contributed by atoms with Gasteiger partial charge in [-0.15, -0.1) is 0 Å². The second-order valence-corrected chi connectivity index (χ2v) is 11.6. The SMILES string of the molecule is COC(=O)CC[C@@H](C)C1CCC2C3CC[C@@H]4CCCC[C@]4(C)[C@]34O[C@@H]4C(O)[C@@]21C. The van der Waals surface area contributed by atoms with Gasteiger partial charge >= 0.3 is 5.97 Å². The van der Waals surface area contributed by atoms with Crippen LogP contribution in [-0.4, -0.2) is 36.0 Å². The van der Waals surface area contributed by atoms with E-state index in [1.807, 2.05) is 0 Å². The molecular formula is C25H40O4. The van der Waals surface area contributed by atoms with Gasteiger partial charge in [0.1, 0.15) is 11.7 Å². The van der Waals surface area contributed by atoms with Crippen molar-refractivity contribution in [1.82, 2.24) is 0 Å². The maximum atomic E-state index is 11.7. The fraction of sp³-hybridized carbons (Fsp3) is 0.960. The van der Waals surface area contributed by atoms with Gasteiger partial charge < -0.3 is 14.6 Å². The van der Waals surface area contributed by atoms with Crippen molar-refractivity contribution in [3.63, 3.8) is 0 Å². The Bertz CT molecular complexity index is 678. The number of carbonyl (C=O) groups is 1. The molecule has 29 heavy (non-hydrogen) atoms. The van der Waals surface area contributed by atoms with E-state index in [1.54, 1.807) is 0 Å². The molecule has 0 aromatic heterocycles. The molecule has 5 aliphatic rings. The zero-order chi connectivity index (χ0) is 20.6. The van der Waals surface area contributed by atoms with E-state index in [9.17, 15) is 9.90 Å². The highest BCUT2D eigenvalue weighted by Crippen LogP contribution is 2.76. The predicted molar refractivity (Wildman–Crippen MR) is 111 cm³/mol. The van der Waals surface area contributed by atoms with Gasteiger partial charge in [-0.25, -0.2) is 0 Å². The summed E-state index contributed by atoms with van der Waals surface area (Å²) in [5.41, 5.74) is 0.128. The first kappa shape index (κ1) is 20.3. The topological polar surface area (TPSA) is 59.1 Å². The van der Waals surface area contributed by atoms with Crippen molar-refractivity contribution in [2.75, 3.05) is 7.11 Å². The number of rotatable bonds is 4. The number of epoxide rings is 1. The van der Waals surface area contributed by atoms with Crippen LogP contribution in [-0.2, 0) is 14.3 Å². The molecule has 4 unspecified atom stereocenters. The lowest BCUT2D eigenvalue weighted by atomic mass is 9.43. The molecule has 1 aliphatic heterocycles. The summed E-state index contributed by atoms with van der Waals surface area (Å²) in [6.07, 6.45) is 11.4. The number of aliphatic hydroxyl groups is 1. The van der Waals surface area contributed by atoms with Gasteiger partial charge in [0, 0.05) is 17.3 Å². The maximum absolute atomic E-state index is 11.7. The van der Waals surface area contributed by atoms with Crippen LogP contribution in [0.5, 0.6) is 0 Å². The molecule has 1 spiro atoms. The Morgan fingerprint density at radius 2 is 1.90 bits per heavy atom. The maximum Gasteiger partial charge on any atom is 0.305 e. The molecular weight excluding hydrogens is 364 g/mol. The average Bonchev–Trinajstić information content (AvgIpc) is 3.37. The van der Waals surface area contributed by atoms with Crippen molar-refractivity contribution in [3.8, 4) is 0 Å². The van der Waals surface area contributed by atoms with Crippen LogP contribution in [0.1, 0.15) is 85.0 Å². The molecule has 0 aromatic carbocycles. The quantitative estimate of drug-likeness (QED) is 0.544. The molecule has 5 rings (SSSR count). The molecule has 1 saturated heterocycles. The first-order chi connectivity index (χ1) is 13.8. The van der Waals surface area contributed by atoms with Crippen LogP contribution in [0.3, 0.4) is 0 Å². The number of methoxy groups -OCH3 is 1. The molecule has 1 heterocycles. The zero-order valence-corrected chi connectivity index (χ0v) is 18.8. The number of hydrogen-bond acceptors (Lipinski definition) is 4. The van der Waals surface area contributed by atoms with E-state index >= 15 is 0 Å². The second kappa shape index (κ2) is 6.69. The summed E-state index contributed by atoms with van der Waals surface area (Å²) in [4.78, 5) is 11.7. The summed E-state index contributed by atoms with van der Waals surface area (Å²) in [7, 11) is 1.47. The molecule has 0 radical (unpaired) electrons. The Kier molecular flexibility index (Phi) is 4.68. The van der Waals surface area contributed by atoms with Gasteiger partial charge in [-0.05, 0) is 74.5 Å². The van der Waals surface area contributed by atoms with Gasteiger partial charge in [0.15, 0.2) is 0 Å². The number of hydrogen-bond donors (Lipinski definition) is 1. The summed E-state index contributed by atoms with van der Waals surface area (Å²) >= 11 is 0. The van der Waals surface area contributed by atoms with E-state index in [-0.39, 0.29) is 34.6 Å². The van der Waals surface area contributed by atoms with Crippen LogP contribution in [0.25, 0.3) is 0 Å². The highest BCUT2D eigenvalue weighted by molar-refractivity contribution is 5.69. The Labute approximate surface area is 176 Å². The molecule has 4 nitrogen and oxygen atoms in total. The number of esters is 1. The molecule has 5 fully saturated rings. The summed E-state index contributed by atoms with van der Waals surface area (Å²) in [6, 6.07) is 0. The third-order valence-electron chi connectivity index (χ3n) is 10.9. The lowest BCUT2D eigenvalue weighted by Gasteiger charge is -2.59. The molecule has 4 saturated carbocycles. The van der Waals surface area contributed by atoms with Crippen molar-refractivity contribution in [1.29, 1.82) is 0 Å². The first-order valence-corrected chi connectivity index (χ1v) is 12.2. The lowest BCUT2D eigenvalue weighted by molar-refractivity contribution is -0.143. The Morgan fingerprint density at radius 1 is 1.14 bits per heavy atom. The largest absolute Gasteiger partial charge is 0.469 e. The number of ether oxygens (including phenoxy) is 2. The van der Waals surface area contributed by atoms with Crippen LogP contribution >= 0.6 is 0 Å². The minimum absolute atomic E-state index is 0.0352. The highest BCUT2D eigenvalue weighted by atomic mass is 16.6. The van der Waals surface area contributed by atoms with E-state index in [4.69, 9.17) is 9.47 Å². The number of aliphatic hydroxyl groups excluding tert-OH is 1. The number of carbonyl (C=O) groups excluding carboxylic acids is 1. The Balaban J connectivity index is 1.42. The highest BCUT2D eigenvalue weighted by Gasteiger charge is 2.82. The van der Waals surface area contributed by atoms with Crippen molar-refractivity contribution in [2.24, 2.45) is 40.4 Å². The Hall–Kier alpha value is -0.610. The third-order valence-corrected chi connectivity index (χ3v) is 10.9. The van der Waals surface area contributed by atoms with Crippen LogP contribution < -0.4 is 0 Å². The van der Waals surface area contributed by atoms with E-state index in [0.29, 0.717) is 30.1 Å². The normalized spacial score (nSPS) is 53.8. The molecule has 0 aromatic rings. The van der Waals surface area contributed by atoms with Crippen LogP contribution in [0, 0.1) is 40.4 Å². The van der Waals surface area contributed by atoms with Crippen LogP contribution in [0.4, 0.5) is 0 Å². The van der Waals surface area contributed by atoms with E-state index in [1.165, 1.54) is 58.5 Å². The molecule has 4 heteroatoms. The van der Waals surface area contributed by atoms with Crippen LogP contribution in [0.2, 0.25) is 0 Å². The molecule has 0 bridgehead atoms. The molecule has 164 valence electrons. The Morgan fingerprint density at radius 3 is 2.66 bits per heavy atom. The van der Waals surface area contributed by atoms with Gasteiger partial charge in [-0.3, -0.25) is 4.79 Å². The van der Waals surface area contributed by atoms with Crippen molar-refractivity contribution < 1.29 is 19.4 Å². The van der Waals surface area contributed by atoms with Crippen LogP contribution in [0.15, 0.2) is 0 Å². The number of fused-ring (bicyclic) bond motifs is 3. The fourth-order valence-electron chi connectivity index (χ4n) is 9.34. The lowest BCUT2D eigenvalue weighted by Crippen LogP contribution is -2.64. The summed E-state index contributed by atoms with van der Waals surface area (Å²) in [5, 5.41) is 11.7. The standard InChI is InChI=1S/C25H40O4/c1-15(8-13-20(26)28-4)17-11-12-18-19-10-9-16-7-5-6-14-23(16,2)25(19)22(29-25)21(27)24(17,18)3/h15-19,21-22,27H,5-14H2,1-4H3/t15-,16+,17?,18?,19?,21?,22-,23+,24-,25+/m1/s1. The van der Waals surface area contributed by atoms with Crippen molar-refractivity contribution in [3.05, 3.63) is 0 Å². The minimum atomic E-state index is -0.366. The van der Waals surface area contributed by atoms with Gasteiger partial charge in [0.2, 0.25) is 0 Å². The zero-order valence-electron chi connectivity index (χ0n) is 18.8. The predicted octanol–water partition coefficient (Wildman–Crippen LogP) is 4.73. The summed E-state index contributed by atoms with van der Waals surface area (Å²) in [6.45, 7) is 7.14. The van der Waals surface area contributed by atoms with E-state index in [2.05, 4.69) is 20.8 Å². The van der Waals surface area contributed by atoms with E-state index < -0.39 is 0 Å².